The summed E-state index contributed by atoms with van der Waals surface area (Å²) < 4.78 is 5.43. The monoisotopic (exact) mass is 427 g/mol. The van der Waals surface area contributed by atoms with E-state index in [4.69, 9.17) is 16.2 Å². The van der Waals surface area contributed by atoms with Gasteiger partial charge in [0.1, 0.15) is 5.82 Å². The summed E-state index contributed by atoms with van der Waals surface area (Å²) in [5.41, 5.74) is 17.8. The Bertz CT molecular complexity index is 1320. The van der Waals surface area contributed by atoms with Crippen LogP contribution in [0.25, 0.3) is 33.2 Å². The molecule has 1 fully saturated rings. The van der Waals surface area contributed by atoms with Gasteiger partial charge in [0.15, 0.2) is 0 Å². The molecular formula is C25H25N5O2. The third-order valence-electron chi connectivity index (χ3n) is 5.88. The van der Waals surface area contributed by atoms with Crippen LogP contribution in [-0.2, 0) is 11.3 Å². The second kappa shape index (κ2) is 8.45. The molecule has 0 unspecified atom stereocenters. The quantitative estimate of drug-likeness (QED) is 0.461. The average molecular weight is 428 g/mol. The molecule has 7 heteroatoms. The molecule has 7 nitrogen and oxygen atoms in total. The number of aromatic amines is 1. The van der Waals surface area contributed by atoms with Crippen molar-refractivity contribution in [3.63, 3.8) is 0 Å². The molecule has 2 aromatic heterocycles. The van der Waals surface area contributed by atoms with Gasteiger partial charge in [-0.3, -0.25) is 9.69 Å². The summed E-state index contributed by atoms with van der Waals surface area (Å²) in [6, 6.07) is 18.1. The lowest BCUT2D eigenvalue weighted by Gasteiger charge is -2.26. The van der Waals surface area contributed by atoms with Crippen molar-refractivity contribution in [2.24, 2.45) is 0 Å². The van der Waals surface area contributed by atoms with Crippen molar-refractivity contribution in [1.29, 1.82) is 0 Å². The third-order valence-corrected chi connectivity index (χ3v) is 5.88. The zero-order chi connectivity index (χ0) is 22.1. The largest absolute Gasteiger partial charge is 0.394 e. The highest BCUT2D eigenvalue weighted by molar-refractivity contribution is 5.91. The Morgan fingerprint density at radius 3 is 2.44 bits per heavy atom. The molecule has 0 aliphatic carbocycles. The SMILES string of the molecule is Nc1nc2ccc(-c3c[nH]c(=O)c(N)c3)cc2cc1-c1ccc(CN2CCOCC2)cc1. The van der Waals surface area contributed by atoms with E-state index in [1.165, 1.54) is 5.56 Å². The Labute approximate surface area is 185 Å². The van der Waals surface area contributed by atoms with E-state index in [0.29, 0.717) is 5.82 Å². The Hall–Kier alpha value is -3.68. The predicted octanol–water partition coefficient (Wildman–Crippen LogP) is 3.25. The van der Waals surface area contributed by atoms with Crippen LogP contribution in [0.3, 0.4) is 0 Å². The number of hydrogen-bond acceptors (Lipinski definition) is 6. The molecule has 162 valence electrons. The normalized spacial score (nSPS) is 14.6. The molecule has 5 rings (SSSR count). The van der Waals surface area contributed by atoms with Gasteiger partial charge in [-0.15, -0.1) is 0 Å². The summed E-state index contributed by atoms with van der Waals surface area (Å²) in [6.07, 6.45) is 1.67. The summed E-state index contributed by atoms with van der Waals surface area (Å²) in [6.45, 7) is 4.44. The smallest absolute Gasteiger partial charge is 0.271 e. The van der Waals surface area contributed by atoms with Gasteiger partial charge in [0.2, 0.25) is 0 Å². The Morgan fingerprint density at radius 2 is 1.69 bits per heavy atom. The number of pyridine rings is 2. The van der Waals surface area contributed by atoms with E-state index < -0.39 is 0 Å². The number of aromatic nitrogens is 2. The number of rotatable bonds is 4. The first-order chi connectivity index (χ1) is 15.6. The molecule has 0 amide bonds. The van der Waals surface area contributed by atoms with Gasteiger partial charge in [-0.2, -0.15) is 0 Å². The van der Waals surface area contributed by atoms with Crippen molar-refractivity contribution in [2.75, 3.05) is 37.8 Å². The lowest BCUT2D eigenvalue weighted by Crippen LogP contribution is -2.35. The van der Waals surface area contributed by atoms with Gasteiger partial charge in [0.05, 0.1) is 24.4 Å². The van der Waals surface area contributed by atoms with Gasteiger partial charge in [0.25, 0.3) is 5.56 Å². The molecule has 4 aromatic rings. The highest BCUT2D eigenvalue weighted by atomic mass is 16.5. The number of nitrogens with two attached hydrogens (primary N) is 2. The Balaban J connectivity index is 1.46. The van der Waals surface area contributed by atoms with Crippen LogP contribution in [0.15, 0.2) is 65.6 Å². The summed E-state index contributed by atoms with van der Waals surface area (Å²) in [4.78, 5) is 21.3. The summed E-state index contributed by atoms with van der Waals surface area (Å²) in [5, 5.41) is 0.967. The van der Waals surface area contributed by atoms with Gasteiger partial charge >= 0.3 is 0 Å². The van der Waals surface area contributed by atoms with E-state index in [2.05, 4.69) is 45.2 Å². The lowest BCUT2D eigenvalue weighted by atomic mass is 10.00. The van der Waals surface area contributed by atoms with E-state index >= 15 is 0 Å². The van der Waals surface area contributed by atoms with E-state index in [0.717, 1.165) is 66.0 Å². The number of hydrogen-bond donors (Lipinski definition) is 3. The minimum absolute atomic E-state index is 0.191. The first-order valence-corrected chi connectivity index (χ1v) is 10.6. The van der Waals surface area contributed by atoms with Crippen molar-refractivity contribution in [2.45, 2.75) is 6.54 Å². The first-order valence-electron chi connectivity index (χ1n) is 10.6. The molecule has 2 aromatic carbocycles. The van der Waals surface area contributed by atoms with Crippen molar-refractivity contribution in [1.82, 2.24) is 14.9 Å². The van der Waals surface area contributed by atoms with E-state index in [-0.39, 0.29) is 11.2 Å². The molecular weight excluding hydrogens is 402 g/mol. The topological polar surface area (TPSA) is 110 Å². The van der Waals surface area contributed by atoms with Crippen molar-refractivity contribution >= 4 is 22.4 Å². The maximum absolute atomic E-state index is 11.6. The average Bonchev–Trinajstić information content (AvgIpc) is 2.81. The number of benzene rings is 2. The van der Waals surface area contributed by atoms with Crippen LogP contribution in [0.4, 0.5) is 11.5 Å². The summed E-state index contributed by atoms with van der Waals surface area (Å²) >= 11 is 0. The minimum atomic E-state index is -0.289. The van der Waals surface area contributed by atoms with Crippen molar-refractivity contribution in [3.05, 3.63) is 76.7 Å². The highest BCUT2D eigenvalue weighted by Crippen LogP contribution is 2.31. The summed E-state index contributed by atoms with van der Waals surface area (Å²) in [7, 11) is 0. The number of nitrogen functional groups attached to an aromatic ring is 2. The molecule has 1 saturated heterocycles. The maximum Gasteiger partial charge on any atom is 0.271 e. The fraction of sp³-hybridized carbons (Fsp3) is 0.200. The van der Waals surface area contributed by atoms with E-state index in [9.17, 15) is 4.79 Å². The minimum Gasteiger partial charge on any atom is -0.394 e. The number of morpholine rings is 1. The van der Waals surface area contributed by atoms with Crippen LogP contribution in [0.5, 0.6) is 0 Å². The predicted molar refractivity (Wildman–Crippen MR) is 128 cm³/mol. The van der Waals surface area contributed by atoms with Crippen LogP contribution in [-0.4, -0.2) is 41.2 Å². The van der Waals surface area contributed by atoms with E-state index in [1.54, 1.807) is 12.3 Å². The lowest BCUT2D eigenvalue weighted by molar-refractivity contribution is 0.0342. The van der Waals surface area contributed by atoms with E-state index in [1.807, 2.05) is 18.2 Å². The number of anilines is 2. The standard InChI is InChI=1S/C25H25N5O2/c26-22-13-20(14-28-25(22)31)18-5-6-23-19(11-18)12-21(24(27)29-23)17-3-1-16(2-4-17)15-30-7-9-32-10-8-30/h1-6,11-14H,7-10,15,26H2,(H2,27,29)(H,28,31). The van der Waals surface area contributed by atoms with Crippen molar-refractivity contribution < 1.29 is 4.74 Å². The van der Waals surface area contributed by atoms with Gasteiger partial charge in [-0.05, 0) is 41.0 Å². The van der Waals surface area contributed by atoms with Gasteiger partial charge in [0, 0.05) is 42.3 Å². The second-order valence-electron chi connectivity index (χ2n) is 8.09. The second-order valence-corrected chi connectivity index (χ2v) is 8.09. The van der Waals surface area contributed by atoms with Gasteiger partial charge in [-0.1, -0.05) is 30.3 Å². The molecule has 0 radical (unpaired) electrons. The Morgan fingerprint density at radius 1 is 0.938 bits per heavy atom. The van der Waals surface area contributed by atoms with Crippen LogP contribution >= 0.6 is 0 Å². The molecule has 0 spiro atoms. The Kier molecular flexibility index (Phi) is 5.34. The van der Waals surface area contributed by atoms with Crippen LogP contribution in [0, 0.1) is 0 Å². The van der Waals surface area contributed by atoms with Crippen LogP contribution < -0.4 is 17.0 Å². The molecule has 32 heavy (non-hydrogen) atoms. The number of ether oxygens (including phenoxy) is 1. The molecule has 1 aliphatic heterocycles. The fourth-order valence-corrected chi connectivity index (χ4v) is 4.08. The van der Waals surface area contributed by atoms with Crippen LogP contribution in [0.2, 0.25) is 0 Å². The fourth-order valence-electron chi connectivity index (χ4n) is 4.08. The number of nitrogens with zero attached hydrogens (tertiary/aromatic N) is 2. The first kappa shape index (κ1) is 20.2. The molecule has 0 saturated carbocycles. The molecule has 0 atom stereocenters. The number of H-pyrrole nitrogens is 1. The number of nitrogens with one attached hydrogen (secondary N) is 1. The van der Waals surface area contributed by atoms with Gasteiger partial charge < -0.3 is 21.2 Å². The molecule has 0 bridgehead atoms. The third kappa shape index (κ3) is 4.08. The summed E-state index contributed by atoms with van der Waals surface area (Å²) in [5.74, 6) is 0.500. The zero-order valence-electron chi connectivity index (χ0n) is 17.7. The molecule has 3 heterocycles. The van der Waals surface area contributed by atoms with Crippen LogP contribution in [0.1, 0.15) is 5.56 Å². The highest BCUT2D eigenvalue weighted by Gasteiger charge is 2.12. The zero-order valence-corrected chi connectivity index (χ0v) is 17.7. The molecule has 1 aliphatic rings. The maximum atomic E-state index is 11.6. The number of fused-ring (bicyclic) bond motifs is 1. The van der Waals surface area contributed by atoms with Crippen molar-refractivity contribution in [3.8, 4) is 22.3 Å². The molecule has 5 N–H and O–H groups in total. The van der Waals surface area contributed by atoms with Gasteiger partial charge in [-0.25, -0.2) is 4.98 Å².